The molecule has 0 fully saturated rings. The number of nitrogens with zero attached hydrogens (tertiary/aromatic N) is 3. The zero-order valence-corrected chi connectivity index (χ0v) is 9.63. The first kappa shape index (κ1) is 11.5. The monoisotopic (exact) mass is 233 g/mol. The molecule has 0 spiro atoms. The number of carbonyl (C=O) groups excluding carboxylic acids is 1. The summed E-state index contributed by atoms with van der Waals surface area (Å²) in [5.41, 5.74) is 6.72. The van der Waals surface area contributed by atoms with Crippen LogP contribution in [0.2, 0.25) is 0 Å². The summed E-state index contributed by atoms with van der Waals surface area (Å²) >= 11 is 0. The zero-order chi connectivity index (χ0) is 12.3. The highest BCUT2D eigenvalue weighted by molar-refractivity contribution is 6.00. The Hall–Kier alpha value is -1.95. The zero-order valence-electron chi connectivity index (χ0n) is 9.63. The number of fused-ring (bicyclic) bond motifs is 1. The van der Waals surface area contributed by atoms with Gasteiger partial charge in [-0.2, -0.15) is 5.10 Å². The van der Waals surface area contributed by atoms with Crippen LogP contribution >= 0.6 is 0 Å². The van der Waals surface area contributed by atoms with E-state index in [9.17, 15) is 4.79 Å². The minimum absolute atomic E-state index is 0.145. The van der Waals surface area contributed by atoms with E-state index in [1.807, 2.05) is 6.92 Å². The second-order valence-corrected chi connectivity index (χ2v) is 4.02. The second-order valence-electron chi connectivity index (χ2n) is 4.02. The Balaban J connectivity index is 2.14. The molecule has 1 amide bonds. The minimum Gasteiger partial charge on any atom is -0.352 e. The molecule has 6 heteroatoms. The van der Waals surface area contributed by atoms with E-state index >= 15 is 0 Å². The van der Waals surface area contributed by atoms with Crippen LogP contribution in [0.5, 0.6) is 0 Å². The first-order valence-corrected chi connectivity index (χ1v) is 5.48. The van der Waals surface area contributed by atoms with Crippen molar-refractivity contribution in [3.63, 3.8) is 0 Å². The van der Waals surface area contributed by atoms with E-state index in [2.05, 4.69) is 15.4 Å². The maximum Gasteiger partial charge on any atom is 0.255 e. The molecule has 0 saturated heterocycles. The fourth-order valence-corrected chi connectivity index (χ4v) is 1.45. The van der Waals surface area contributed by atoms with Crippen molar-refractivity contribution in [2.75, 3.05) is 13.1 Å². The van der Waals surface area contributed by atoms with E-state index in [1.165, 1.54) is 0 Å². The lowest BCUT2D eigenvalue weighted by Gasteiger charge is -2.09. The van der Waals surface area contributed by atoms with Crippen molar-refractivity contribution in [1.29, 1.82) is 0 Å². The standard InChI is InChI=1S/C11H15N5O/c1-8(4-12)5-14-11(17)9-6-15-16-3-2-13-7-10(9)16/h2-3,6-8H,4-5,12H2,1H3,(H,14,17). The average molecular weight is 233 g/mol. The van der Waals surface area contributed by atoms with E-state index in [4.69, 9.17) is 5.73 Å². The lowest BCUT2D eigenvalue weighted by atomic mass is 10.2. The summed E-state index contributed by atoms with van der Waals surface area (Å²) in [6.45, 7) is 3.10. The van der Waals surface area contributed by atoms with Crippen molar-refractivity contribution in [2.45, 2.75) is 6.92 Å². The van der Waals surface area contributed by atoms with Gasteiger partial charge in [-0.3, -0.25) is 9.78 Å². The predicted molar refractivity (Wildman–Crippen MR) is 63.5 cm³/mol. The smallest absolute Gasteiger partial charge is 0.255 e. The quantitative estimate of drug-likeness (QED) is 0.781. The molecule has 2 heterocycles. The Morgan fingerprint density at radius 1 is 1.59 bits per heavy atom. The van der Waals surface area contributed by atoms with E-state index < -0.39 is 0 Å². The van der Waals surface area contributed by atoms with Gasteiger partial charge >= 0.3 is 0 Å². The molecule has 0 saturated carbocycles. The van der Waals surface area contributed by atoms with Gasteiger partial charge in [0.25, 0.3) is 5.91 Å². The maximum atomic E-state index is 11.9. The Bertz CT molecular complexity index is 521. The number of nitrogens with one attached hydrogen (secondary N) is 1. The van der Waals surface area contributed by atoms with Crippen LogP contribution in [0.25, 0.3) is 5.52 Å². The topological polar surface area (TPSA) is 85.3 Å². The molecule has 2 rings (SSSR count). The lowest BCUT2D eigenvalue weighted by molar-refractivity contribution is 0.0950. The molecule has 3 N–H and O–H groups in total. The molecule has 0 bridgehead atoms. The summed E-state index contributed by atoms with van der Waals surface area (Å²) < 4.78 is 1.62. The van der Waals surface area contributed by atoms with Gasteiger partial charge in [-0.15, -0.1) is 0 Å². The molecule has 6 nitrogen and oxygen atoms in total. The number of amides is 1. The van der Waals surface area contributed by atoms with Gasteiger partial charge in [0.15, 0.2) is 0 Å². The molecule has 1 unspecified atom stereocenters. The minimum atomic E-state index is -0.145. The van der Waals surface area contributed by atoms with Gasteiger partial charge < -0.3 is 11.1 Å². The highest BCUT2D eigenvalue weighted by atomic mass is 16.1. The molecule has 2 aromatic heterocycles. The Labute approximate surface area is 98.8 Å². The Kier molecular flexibility index (Phi) is 3.34. The summed E-state index contributed by atoms with van der Waals surface area (Å²) in [6, 6.07) is 0. The van der Waals surface area contributed by atoms with Crippen molar-refractivity contribution in [3.05, 3.63) is 30.4 Å². The van der Waals surface area contributed by atoms with Crippen molar-refractivity contribution < 1.29 is 4.79 Å². The van der Waals surface area contributed by atoms with E-state index in [-0.39, 0.29) is 11.8 Å². The summed E-state index contributed by atoms with van der Waals surface area (Å²) in [6.07, 6.45) is 6.49. The van der Waals surface area contributed by atoms with Crippen molar-refractivity contribution in [1.82, 2.24) is 19.9 Å². The lowest BCUT2D eigenvalue weighted by Crippen LogP contribution is -2.31. The highest BCUT2D eigenvalue weighted by Gasteiger charge is 2.12. The maximum absolute atomic E-state index is 11.9. The van der Waals surface area contributed by atoms with Crippen LogP contribution < -0.4 is 11.1 Å². The van der Waals surface area contributed by atoms with Gasteiger partial charge in [-0.05, 0) is 12.5 Å². The molecule has 0 aliphatic rings. The normalized spacial score (nSPS) is 12.6. The van der Waals surface area contributed by atoms with Gasteiger partial charge in [0.05, 0.1) is 23.5 Å². The summed E-state index contributed by atoms with van der Waals surface area (Å²) in [7, 11) is 0. The van der Waals surface area contributed by atoms with Crippen LogP contribution in [-0.2, 0) is 0 Å². The van der Waals surface area contributed by atoms with Crippen molar-refractivity contribution in [2.24, 2.45) is 11.7 Å². The van der Waals surface area contributed by atoms with Crippen molar-refractivity contribution in [3.8, 4) is 0 Å². The molecule has 0 radical (unpaired) electrons. The first-order chi connectivity index (χ1) is 8.22. The SMILES string of the molecule is CC(CN)CNC(=O)c1cnn2ccncc12. The van der Waals surface area contributed by atoms with Gasteiger partial charge in [0.1, 0.15) is 0 Å². The third-order valence-corrected chi connectivity index (χ3v) is 2.58. The van der Waals surface area contributed by atoms with Gasteiger partial charge in [-0.25, -0.2) is 4.52 Å². The molecule has 17 heavy (non-hydrogen) atoms. The van der Waals surface area contributed by atoms with Gasteiger partial charge in [-0.1, -0.05) is 6.92 Å². The molecule has 0 aromatic carbocycles. The van der Waals surface area contributed by atoms with Crippen LogP contribution in [-0.4, -0.2) is 33.6 Å². The summed E-state index contributed by atoms with van der Waals surface area (Å²) in [4.78, 5) is 15.9. The van der Waals surface area contributed by atoms with Crippen LogP contribution in [0.1, 0.15) is 17.3 Å². The number of rotatable bonds is 4. The van der Waals surface area contributed by atoms with Crippen molar-refractivity contribution >= 4 is 11.4 Å². The third kappa shape index (κ3) is 2.42. The number of aromatic nitrogens is 3. The van der Waals surface area contributed by atoms with Crippen LogP contribution in [0, 0.1) is 5.92 Å². The van der Waals surface area contributed by atoms with Gasteiger partial charge in [0.2, 0.25) is 0 Å². The third-order valence-electron chi connectivity index (χ3n) is 2.58. The average Bonchev–Trinajstić information content (AvgIpc) is 2.79. The van der Waals surface area contributed by atoms with E-state index in [0.29, 0.717) is 24.2 Å². The highest BCUT2D eigenvalue weighted by Crippen LogP contribution is 2.08. The molecular formula is C11H15N5O. The molecule has 0 aliphatic heterocycles. The fourth-order valence-electron chi connectivity index (χ4n) is 1.45. The fraction of sp³-hybridized carbons (Fsp3) is 0.364. The number of carbonyl (C=O) groups is 1. The predicted octanol–water partition coefficient (Wildman–Crippen LogP) is 0.0539. The number of nitrogens with two attached hydrogens (primary N) is 1. The Morgan fingerprint density at radius 2 is 2.41 bits per heavy atom. The molecule has 2 aromatic rings. The molecule has 90 valence electrons. The number of hydrogen-bond acceptors (Lipinski definition) is 4. The van der Waals surface area contributed by atoms with Crippen LogP contribution in [0.3, 0.4) is 0 Å². The molecular weight excluding hydrogens is 218 g/mol. The van der Waals surface area contributed by atoms with Crippen LogP contribution in [0.4, 0.5) is 0 Å². The first-order valence-electron chi connectivity index (χ1n) is 5.48. The molecule has 1 atom stereocenters. The molecule has 0 aliphatic carbocycles. The second kappa shape index (κ2) is 4.92. The van der Waals surface area contributed by atoms with E-state index in [1.54, 1.807) is 29.3 Å². The Morgan fingerprint density at radius 3 is 3.18 bits per heavy atom. The van der Waals surface area contributed by atoms with Crippen LogP contribution in [0.15, 0.2) is 24.8 Å². The summed E-state index contributed by atoms with van der Waals surface area (Å²) in [5, 5.41) is 6.91. The van der Waals surface area contributed by atoms with E-state index in [0.717, 1.165) is 0 Å². The largest absolute Gasteiger partial charge is 0.352 e. The van der Waals surface area contributed by atoms with Gasteiger partial charge in [0, 0.05) is 18.9 Å². The summed E-state index contributed by atoms with van der Waals surface area (Å²) in [5.74, 6) is 0.118. The number of hydrogen-bond donors (Lipinski definition) is 2.